The summed E-state index contributed by atoms with van der Waals surface area (Å²) >= 11 is 0. The molecule has 0 aromatic rings. The molecule has 0 saturated heterocycles. The Bertz CT molecular complexity index is 532. The second kappa shape index (κ2) is 5.46. The molecule has 0 aromatic heterocycles. The number of carbonyl (C=O) groups excluding carboxylic acids is 1. The van der Waals surface area contributed by atoms with E-state index in [1.165, 1.54) is 56.9 Å². The van der Waals surface area contributed by atoms with E-state index in [-0.39, 0.29) is 0 Å². The predicted octanol–water partition coefficient (Wildman–Crippen LogP) is 5.93. The van der Waals surface area contributed by atoms with Gasteiger partial charge in [0.25, 0.3) is 0 Å². The van der Waals surface area contributed by atoms with Crippen LogP contribution in [0.1, 0.15) is 85.0 Å². The first-order valence-corrected chi connectivity index (χ1v) is 10.2. The molecule has 6 atom stereocenters. The lowest BCUT2D eigenvalue weighted by molar-refractivity contribution is -0.118. The Balaban J connectivity index is 1.74. The Morgan fingerprint density at radius 2 is 1.96 bits per heavy atom. The third kappa shape index (κ3) is 2.29. The number of allylic oxidation sites excluding steroid dienone is 1. The first-order valence-electron chi connectivity index (χ1n) is 10.2. The quantitative estimate of drug-likeness (QED) is 0.617. The van der Waals surface area contributed by atoms with Crippen molar-refractivity contribution in [3.05, 3.63) is 11.6 Å². The van der Waals surface area contributed by atoms with Crippen LogP contribution in [0.25, 0.3) is 0 Å². The molecular weight excluding hydrogens is 280 g/mol. The highest BCUT2D eigenvalue weighted by Gasteiger charge is 2.58. The molecule has 1 unspecified atom stereocenters. The Kier molecular flexibility index (Phi) is 3.78. The first-order chi connectivity index (χ1) is 11.0. The molecule has 4 rings (SSSR count). The van der Waals surface area contributed by atoms with E-state index in [9.17, 15) is 4.79 Å². The van der Waals surface area contributed by atoms with Gasteiger partial charge in [-0.05, 0) is 79.1 Å². The normalized spacial score (nSPS) is 49.2. The van der Waals surface area contributed by atoms with Crippen LogP contribution < -0.4 is 0 Å². The van der Waals surface area contributed by atoms with Gasteiger partial charge >= 0.3 is 0 Å². The van der Waals surface area contributed by atoms with Gasteiger partial charge in [-0.15, -0.1) is 0 Å². The van der Waals surface area contributed by atoms with Crippen molar-refractivity contribution in [2.24, 2.45) is 34.5 Å². The van der Waals surface area contributed by atoms with Crippen molar-refractivity contribution >= 4 is 5.78 Å². The maximum absolute atomic E-state index is 12.0. The lowest BCUT2D eigenvalue weighted by Gasteiger charge is -2.60. The molecule has 0 spiro atoms. The molecule has 4 aliphatic carbocycles. The maximum atomic E-state index is 12.0. The standard InChI is InChI=1S/C22H34O/c1-4-6-15-13-16-14-17(23)8-12-22(16,3)19-9-11-21(2)10-5-7-18(21)20(15)19/h14-15,18-20H,4-13H2,1-3H3/t15?,18-,19+,20-,21-,22-/m0/s1. The number of rotatable bonds is 2. The number of hydrogen-bond acceptors (Lipinski definition) is 1. The van der Waals surface area contributed by atoms with Crippen molar-refractivity contribution in [1.29, 1.82) is 0 Å². The minimum absolute atomic E-state index is 0.340. The Morgan fingerprint density at radius 1 is 1.13 bits per heavy atom. The SMILES string of the molecule is CCCC1CC2=CC(=O)CC[C@]2(C)[C@@H]2CC[C@]3(C)CCC[C@H]3[C@H]12. The molecule has 3 saturated carbocycles. The number of hydrogen-bond donors (Lipinski definition) is 0. The molecule has 0 aliphatic heterocycles. The molecule has 0 aromatic carbocycles. The smallest absolute Gasteiger partial charge is 0.155 e. The summed E-state index contributed by atoms with van der Waals surface area (Å²) in [6.07, 6.45) is 15.2. The Morgan fingerprint density at radius 3 is 2.74 bits per heavy atom. The van der Waals surface area contributed by atoms with Crippen molar-refractivity contribution in [3.8, 4) is 0 Å². The lowest BCUT2D eigenvalue weighted by atomic mass is 9.45. The van der Waals surface area contributed by atoms with Crippen molar-refractivity contribution in [2.75, 3.05) is 0 Å². The van der Waals surface area contributed by atoms with Gasteiger partial charge in [0.2, 0.25) is 0 Å². The largest absolute Gasteiger partial charge is 0.295 e. The summed E-state index contributed by atoms with van der Waals surface area (Å²) in [6, 6.07) is 0. The Labute approximate surface area is 142 Å². The van der Waals surface area contributed by atoms with Gasteiger partial charge in [-0.1, -0.05) is 45.6 Å². The molecule has 4 aliphatic rings. The molecule has 128 valence electrons. The van der Waals surface area contributed by atoms with Crippen LogP contribution in [0.4, 0.5) is 0 Å². The van der Waals surface area contributed by atoms with Crippen LogP contribution in [0.5, 0.6) is 0 Å². The molecule has 0 heterocycles. The van der Waals surface area contributed by atoms with Crippen LogP contribution in [0.3, 0.4) is 0 Å². The number of carbonyl (C=O) groups is 1. The van der Waals surface area contributed by atoms with E-state index in [1.54, 1.807) is 0 Å². The van der Waals surface area contributed by atoms with Gasteiger partial charge in [-0.3, -0.25) is 4.79 Å². The van der Waals surface area contributed by atoms with Crippen LogP contribution in [-0.4, -0.2) is 5.78 Å². The zero-order chi connectivity index (χ0) is 16.2. The molecule has 1 heteroatoms. The van der Waals surface area contributed by atoms with Crippen LogP contribution in [-0.2, 0) is 4.79 Å². The molecule has 0 amide bonds. The van der Waals surface area contributed by atoms with Gasteiger partial charge in [0.05, 0.1) is 0 Å². The number of fused-ring (bicyclic) bond motifs is 5. The summed E-state index contributed by atoms with van der Waals surface area (Å²) in [7, 11) is 0. The van der Waals surface area contributed by atoms with Gasteiger partial charge in [0.1, 0.15) is 0 Å². The summed E-state index contributed by atoms with van der Waals surface area (Å²) in [5.41, 5.74) is 2.51. The highest BCUT2D eigenvalue weighted by atomic mass is 16.1. The average molecular weight is 315 g/mol. The van der Waals surface area contributed by atoms with Gasteiger partial charge in [-0.25, -0.2) is 0 Å². The zero-order valence-corrected chi connectivity index (χ0v) is 15.4. The van der Waals surface area contributed by atoms with E-state index in [0.717, 1.165) is 36.5 Å². The summed E-state index contributed by atoms with van der Waals surface area (Å²) in [4.78, 5) is 12.0. The fourth-order valence-electron chi connectivity index (χ4n) is 7.36. The van der Waals surface area contributed by atoms with E-state index in [4.69, 9.17) is 0 Å². The highest BCUT2D eigenvalue weighted by Crippen LogP contribution is 2.67. The fraction of sp³-hybridized carbons (Fsp3) is 0.864. The van der Waals surface area contributed by atoms with Crippen molar-refractivity contribution in [2.45, 2.75) is 85.0 Å². The first kappa shape index (κ1) is 15.9. The van der Waals surface area contributed by atoms with Gasteiger partial charge in [0, 0.05) is 6.42 Å². The summed E-state index contributed by atoms with van der Waals surface area (Å²) in [5, 5.41) is 0. The third-order valence-electron chi connectivity index (χ3n) is 8.58. The van der Waals surface area contributed by atoms with Crippen LogP contribution in [0.2, 0.25) is 0 Å². The van der Waals surface area contributed by atoms with Crippen LogP contribution >= 0.6 is 0 Å². The molecule has 3 fully saturated rings. The third-order valence-corrected chi connectivity index (χ3v) is 8.58. The fourth-order valence-corrected chi connectivity index (χ4v) is 7.36. The lowest BCUT2D eigenvalue weighted by Crippen LogP contribution is -2.52. The molecule has 0 N–H and O–H groups in total. The van der Waals surface area contributed by atoms with E-state index in [1.807, 2.05) is 0 Å². The van der Waals surface area contributed by atoms with Crippen molar-refractivity contribution < 1.29 is 4.79 Å². The Hall–Kier alpha value is -0.590. The number of ketones is 1. The van der Waals surface area contributed by atoms with Gasteiger partial charge in [0.15, 0.2) is 5.78 Å². The molecule has 1 nitrogen and oxygen atoms in total. The van der Waals surface area contributed by atoms with Crippen LogP contribution in [0, 0.1) is 34.5 Å². The van der Waals surface area contributed by atoms with Gasteiger partial charge in [-0.2, -0.15) is 0 Å². The molecular formula is C22H34O. The van der Waals surface area contributed by atoms with Crippen molar-refractivity contribution in [1.82, 2.24) is 0 Å². The maximum Gasteiger partial charge on any atom is 0.155 e. The van der Waals surface area contributed by atoms with Crippen LogP contribution in [0.15, 0.2) is 11.6 Å². The highest BCUT2D eigenvalue weighted by molar-refractivity contribution is 5.91. The average Bonchev–Trinajstić information content (AvgIpc) is 2.91. The van der Waals surface area contributed by atoms with E-state index >= 15 is 0 Å². The molecule has 23 heavy (non-hydrogen) atoms. The predicted molar refractivity (Wildman–Crippen MR) is 95.1 cm³/mol. The van der Waals surface area contributed by atoms with E-state index in [0.29, 0.717) is 16.6 Å². The summed E-state index contributed by atoms with van der Waals surface area (Å²) < 4.78 is 0. The molecule has 0 radical (unpaired) electrons. The van der Waals surface area contributed by atoms with E-state index in [2.05, 4.69) is 26.8 Å². The monoisotopic (exact) mass is 314 g/mol. The topological polar surface area (TPSA) is 17.1 Å². The zero-order valence-electron chi connectivity index (χ0n) is 15.4. The summed E-state index contributed by atoms with van der Waals surface area (Å²) in [5.74, 6) is 3.99. The van der Waals surface area contributed by atoms with Crippen molar-refractivity contribution in [3.63, 3.8) is 0 Å². The molecule has 0 bridgehead atoms. The second-order valence-corrected chi connectivity index (χ2v) is 9.68. The minimum Gasteiger partial charge on any atom is -0.295 e. The van der Waals surface area contributed by atoms with E-state index < -0.39 is 0 Å². The second-order valence-electron chi connectivity index (χ2n) is 9.68. The summed E-state index contributed by atoms with van der Waals surface area (Å²) in [6.45, 7) is 7.46. The van der Waals surface area contributed by atoms with Gasteiger partial charge < -0.3 is 0 Å². The minimum atomic E-state index is 0.340.